The van der Waals surface area contributed by atoms with Gasteiger partial charge in [0.15, 0.2) is 5.78 Å². The van der Waals surface area contributed by atoms with Crippen molar-refractivity contribution in [1.29, 1.82) is 0 Å². The van der Waals surface area contributed by atoms with Crippen molar-refractivity contribution < 1.29 is 24.2 Å². The van der Waals surface area contributed by atoms with E-state index in [2.05, 4.69) is 22.9 Å². The summed E-state index contributed by atoms with van der Waals surface area (Å²) in [6, 6.07) is 3.61. The van der Waals surface area contributed by atoms with E-state index in [-0.39, 0.29) is 12.2 Å². The molecule has 0 saturated heterocycles. The maximum absolute atomic E-state index is 12.0. The topological polar surface area (TPSA) is 72.8 Å². The lowest BCUT2D eigenvalue weighted by atomic mass is 10.0. The van der Waals surface area contributed by atoms with Crippen LogP contribution >= 0.6 is 15.9 Å². The van der Waals surface area contributed by atoms with Gasteiger partial charge in [-0.25, -0.2) is 0 Å². The van der Waals surface area contributed by atoms with Crippen molar-refractivity contribution in [1.82, 2.24) is 0 Å². The van der Waals surface area contributed by atoms with Crippen LogP contribution in [0.4, 0.5) is 0 Å². The Morgan fingerprint density at radius 2 is 1.81 bits per heavy atom. The fraction of sp³-hybridized carbons (Fsp3) is 0.600. The Labute approximate surface area is 164 Å². The Morgan fingerprint density at radius 3 is 2.42 bits per heavy atom. The van der Waals surface area contributed by atoms with E-state index in [1.54, 1.807) is 13.0 Å². The van der Waals surface area contributed by atoms with Crippen molar-refractivity contribution in [2.24, 2.45) is 0 Å². The molecule has 0 amide bonds. The molecule has 0 saturated carbocycles. The maximum Gasteiger partial charge on any atom is 0.303 e. The van der Waals surface area contributed by atoms with Crippen molar-refractivity contribution in [3.05, 3.63) is 23.3 Å². The number of hydrogen-bond acceptors (Lipinski definition) is 4. The molecule has 0 radical (unpaired) electrons. The van der Waals surface area contributed by atoms with E-state index in [0.717, 1.165) is 48.7 Å². The van der Waals surface area contributed by atoms with Crippen molar-refractivity contribution in [3.8, 4) is 11.5 Å². The number of alkyl halides is 1. The highest BCUT2D eigenvalue weighted by molar-refractivity contribution is 9.09. The average molecular weight is 429 g/mol. The summed E-state index contributed by atoms with van der Waals surface area (Å²) in [6.45, 7) is 4.70. The Bertz CT molecular complexity index is 586. The number of hydrogen-bond donors (Lipinski definition) is 1. The number of unbranched alkanes of at least 4 members (excludes halogenated alkanes) is 2. The van der Waals surface area contributed by atoms with Crippen molar-refractivity contribution in [2.45, 2.75) is 58.8 Å². The van der Waals surface area contributed by atoms with Gasteiger partial charge in [-0.05, 0) is 51.2 Å². The second kappa shape index (κ2) is 12.7. The summed E-state index contributed by atoms with van der Waals surface area (Å²) in [6.07, 6.45) is 5.02. The van der Waals surface area contributed by atoms with E-state index >= 15 is 0 Å². The zero-order valence-corrected chi connectivity index (χ0v) is 17.3. The minimum Gasteiger partial charge on any atom is -0.493 e. The zero-order valence-electron chi connectivity index (χ0n) is 15.7. The molecule has 0 aliphatic heterocycles. The summed E-state index contributed by atoms with van der Waals surface area (Å²) < 4.78 is 11.9. The van der Waals surface area contributed by atoms with Crippen LogP contribution in [0.2, 0.25) is 0 Å². The molecule has 1 aromatic rings. The highest BCUT2D eigenvalue weighted by Gasteiger charge is 2.18. The standard InChI is InChI=1S/C20H29BrO5/c1-3-8-17-18(25-13-6-4-5-9-19(23)24)11-10-16(15(2)22)20(17)26-14-7-12-21/h10-11H,3-9,12-14H2,1-2H3,(H,23,24). The molecule has 1 N–H and O–H groups in total. The number of carboxylic acid groups (broad SMARTS) is 1. The number of benzene rings is 1. The Balaban J connectivity index is 2.84. The predicted molar refractivity (Wildman–Crippen MR) is 106 cm³/mol. The monoisotopic (exact) mass is 428 g/mol. The highest BCUT2D eigenvalue weighted by Crippen LogP contribution is 2.34. The summed E-state index contributed by atoms with van der Waals surface area (Å²) in [5.41, 5.74) is 1.54. The van der Waals surface area contributed by atoms with E-state index in [9.17, 15) is 9.59 Å². The largest absolute Gasteiger partial charge is 0.493 e. The van der Waals surface area contributed by atoms with Gasteiger partial charge in [0.25, 0.3) is 0 Å². The molecule has 0 spiro atoms. The van der Waals surface area contributed by atoms with Crippen LogP contribution in [0.15, 0.2) is 12.1 Å². The van der Waals surface area contributed by atoms with Crippen LogP contribution in [0.25, 0.3) is 0 Å². The van der Waals surface area contributed by atoms with Crippen LogP contribution in [0, 0.1) is 0 Å². The molecule has 146 valence electrons. The molecule has 26 heavy (non-hydrogen) atoms. The van der Waals surface area contributed by atoms with Crippen LogP contribution in [0.1, 0.15) is 68.3 Å². The smallest absolute Gasteiger partial charge is 0.303 e. The number of halogens is 1. The first-order valence-corrected chi connectivity index (χ1v) is 10.3. The van der Waals surface area contributed by atoms with Crippen LogP contribution in [0.3, 0.4) is 0 Å². The summed E-state index contributed by atoms with van der Waals surface area (Å²) in [7, 11) is 0. The number of aliphatic carboxylic acids is 1. The second-order valence-corrected chi connectivity index (χ2v) is 6.96. The normalized spacial score (nSPS) is 10.6. The molecule has 5 nitrogen and oxygen atoms in total. The fourth-order valence-corrected chi connectivity index (χ4v) is 2.87. The lowest BCUT2D eigenvalue weighted by Gasteiger charge is -2.18. The van der Waals surface area contributed by atoms with Gasteiger partial charge in [-0.3, -0.25) is 9.59 Å². The van der Waals surface area contributed by atoms with Crippen molar-refractivity contribution >= 4 is 27.7 Å². The van der Waals surface area contributed by atoms with Crippen molar-refractivity contribution in [2.75, 3.05) is 18.5 Å². The molecule has 0 aliphatic rings. The lowest BCUT2D eigenvalue weighted by Crippen LogP contribution is -2.09. The number of carbonyl (C=O) groups excluding carboxylic acids is 1. The number of Topliss-reactive ketones (excluding diaryl/α,β-unsaturated/α-hetero) is 1. The molecule has 0 heterocycles. The Kier molecular flexibility index (Phi) is 11.0. The molecule has 1 aromatic carbocycles. The van der Waals surface area contributed by atoms with E-state index in [0.29, 0.717) is 30.9 Å². The highest BCUT2D eigenvalue weighted by atomic mass is 79.9. The molecular weight excluding hydrogens is 400 g/mol. The van der Waals surface area contributed by atoms with Gasteiger partial charge in [-0.2, -0.15) is 0 Å². The zero-order chi connectivity index (χ0) is 19.4. The van der Waals surface area contributed by atoms with Crippen LogP contribution in [-0.4, -0.2) is 35.4 Å². The maximum atomic E-state index is 12.0. The van der Waals surface area contributed by atoms with E-state index < -0.39 is 5.97 Å². The predicted octanol–water partition coefficient (Wildman–Crippen LogP) is 5.03. The summed E-state index contributed by atoms with van der Waals surface area (Å²) in [5, 5.41) is 9.50. The lowest BCUT2D eigenvalue weighted by molar-refractivity contribution is -0.137. The van der Waals surface area contributed by atoms with Gasteiger partial charge >= 0.3 is 5.97 Å². The van der Waals surface area contributed by atoms with E-state index in [1.807, 2.05) is 6.07 Å². The van der Waals surface area contributed by atoms with Gasteiger partial charge in [0.1, 0.15) is 11.5 Å². The molecule has 1 rings (SSSR count). The Morgan fingerprint density at radius 1 is 1.08 bits per heavy atom. The third kappa shape index (κ3) is 7.77. The quantitative estimate of drug-likeness (QED) is 0.255. The molecule has 6 heteroatoms. The van der Waals surface area contributed by atoms with Crippen LogP contribution in [-0.2, 0) is 11.2 Å². The SMILES string of the molecule is CCCc1c(OCCCCCC(=O)O)ccc(C(C)=O)c1OCCCBr. The van der Waals surface area contributed by atoms with Gasteiger partial charge in [-0.1, -0.05) is 29.3 Å². The van der Waals surface area contributed by atoms with E-state index in [4.69, 9.17) is 14.6 Å². The summed E-state index contributed by atoms with van der Waals surface area (Å²) in [4.78, 5) is 22.5. The third-order valence-corrected chi connectivity index (χ3v) is 4.47. The van der Waals surface area contributed by atoms with Crippen LogP contribution in [0.5, 0.6) is 11.5 Å². The van der Waals surface area contributed by atoms with Gasteiger partial charge < -0.3 is 14.6 Å². The molecule has 0 unspecified atom stereocenters. The number of ketones is 1. The molecular formula is C20H29BrO5. The van der Waals surface area contributed by atoms with Crippen LogP contribution < -0.4 is 9.47 Å². The minimum atomic E-state index is -0.763. The molecule has 0 bridgehead atoms. The summed E-state index contributed by atoms with van der Waals surface area (Å²) in [5.74, 6) is 0.616. The van der Waals surface area contributed by atoms with Gasteiger partial charge in [0, 0.05) is 17.3 Å². The number of carbonyl (C=O) groups is 2. The van der Waals surface area contributed by atoms with Gasteiger partial charge in [0.05, 0.1) is 18.8 Å². The number of carboxylic acids is 1. The minimum absolute atomic E-state index is 0.0172. The first-order chi connectivity index (χ1) is 12.5. The van der Waals surface area contributed by atoms with Gasteiger partial charge in [-0.15, -0.1) is 0 Å². The van der Waals surface area contributed by atoms with Crippen molar-refractivity contribution in [3.63, 3.8) is 0 Å². The van der Waals surface area contributed by atoms with Gasteiger partial charge in [0.2, 0.25) is 0 Å². The first-order valence-electron chi connectivity index (χ1n) is 9.21. The third-order valence-electron chi connectivity index (χ3n) is 3.91. The number of rotatable bonds is 14. The fourth-order valence-electron chi connectivity index (χ4n) is 2.64. The molecule has 0 atom stereocenters. The Hall–Kier alpha value is -1.56. The van der Waals surface area contributed by atoms with E-state index in [1.165, 1.54) is 0 Å². The molecule has 0 aromatic heterocycles. The summed E-state index contributed by atoms with van der Waals surface area (Å²) >= 11 is 3.39. The number of ether oxygens (including phenoxy) is 2. The molecule has 0 fully saturated rings. The second-order valence-electron chi connectivity index (χ2n) is 6.17. The average Bonchev–Trinajstić information content (AvgIpc) is 2.59. The first kappa shape index (κ1) is 22.5. The molecule has 0 aliphatic carbocycles.